The maximum absolute atomic E-state index is 5.47. The smallest absolute Gasteiger partial charge is 0.167 e. The summed E-state index contributed by atoms with van der Waals surface area (Å²) in [6, 6.07) is 8.58. The predicted octanol–water partition coefficient (Wildman–Crippen LogP) is 5.29. The summed E-state index contributed by atoms with van der Waals surface area (Å²) < 4.78 is 10.9. The Morgan fingerprint density at radius 2 is 1.95 bits per heavy atom. The molecule has 0 N–H and O–H groups in total. The second-order valence-electron chi connectivity index (χ2n) is 5.11. The van der Waals surface area contributed by atoms with Gasteiger partial charge in [-0.05, 0) is 36.1 Å². The van der Waals surface area contributed by atoms with Crippen molar-refractivity contribution in [2.75, 3.05) is 14.2 Å². The third-order valence-corrected chi connectivity index (χ3v) is 3.45. The highest BCUT2D eigenvalue weighted by atomic mass is 16.5. The van der Waals surface area contributed by atoms with Crippen molar-refractivity contribution in [2.45, 2.75) is 26.7 Å². The second-order valence-corrected chi connectivity index (χ2v) is 5.11. The molecule has 0 fully saturated rings. The minimum absolute atomic E-state index is 0.599. The number of rotatable bonds is 8. The molecule has 0 amide bonds. The van der Waals surface area contributed by atoms with E-state index < -0.39 is 0 Å². The van der Waals surface area contributed by atoms with Crippen LogP contribution in [0.5, 0.6) is 0 Å². The van der Waals surface area contributed by atoms with Crippen LogP contribution in [0, 0.1) is 0 Å². The van der Waals surface area contributed by atoms with Crippen molar-refractivity contribution in [3.8, 4) is 0 Å². The van der Waals surface area contributed by atoms with Crippen LogP contribution in [-0.4, -0.2) is 14.2 Å². The summed E-state index contributed by atoms with van der Waals surface area (Å²) in [7, 11) is 3.23. The topological polar surface area (TPSA) is 18.5 Å². The number of hydrogen-bond acceptors (Lipinski definition) is 2. The summed E-state index contributed by atoms with van der Waals surface area (Å²) in [6.07, 6.45) is 5.86. The standard InChI is InChI=1S/C20H26O2/c1-7-10-17-11-9-12-18(14-17)16(4)13-19(21-5)20(22-6)15(3)8-2/h8-9,11-14H,2-3,7,10H2,1,4-6H3/b16-13+,20-19-. The van der Waals surface area contributed by atoms with Crippen molar-refractivity contribution in [3.63, 3.8) is 0 Å². The lowest BCUT2D eigenvalue weighted by Crippen LogP contribution is -1.97. The van der Waals surface area contributed by atoms with Gasteiger partial charge in [0.2, 0.25) is 0 Å². The van der Waals surface area contributed by atoms with Gasteiger partial charge in [0.25, 0.3) is 0 Å². The lowest BCUT2D eigenvalue weighted by atomic mass is 10.0. The van der Waals surface area contributed by atoms with E-state index in [1.165, 1.54) is 11.1 Å². The molecule has 0 aliphatic rings. The summed E-state index contributed by atoms with van der Waals surface area (Å²) in [5, 5.41) is 0. The largest absolute Gasteiger partial charge is 0.493 e. The Hall–Kier alpha value is -2.22. The average Bonchev–Trinajstić information content (AvgIpc) is 2.54. The van der Waals surface area contributed by atoms with E-state index in [2.05, 4.69) is 51.3 Å². The van der Waals surface area contributed by atoms with Crippen LogP contribution in [-0.2, 0) is 15.9 Å². The molecule has 0 heterocycles. The molecule has 0 bridgehead atoms. The van der Waals surface area contributed by atoms with E-state index in [1.807, 2.05) is 6.08 Å². The summed E-state index contributed by atoms with van der Waals surface area (Å²) in [4.78, 5) is 0. The highest BCUT2D eigenvalue weighted by Gasteiger charge is 2.09. The highest BCUT2D eigenvalue weighted by Crippen LogP contribution is 2.23. The zero-order chi connectivity index (χ0) is 16.5. The van der Waals surface area contributed by atoms with Crippen molar-refractivity contribution in [1.82, 2.24) is 0 Å². The summed E-state index contributed by atoms with van der Waals surface area (Å²) in [5.41, 5.74) is 4.34. The van der Waals surface area contributed by atoms with Crippen LogP contribution in [0.25, 0.3) is 5.57 Å². The third kappa shape index (κ3) is 4.66. The van der Waals surface area contributed by atoms with Crippen molar-refractivity contribution in [1.29, 1.82) is 0 Å². The van der Waals surface area contributed by atoms with Gasteiger partial charge in [-0.15, -0.1) is 0 Å². The number of benzene rings is 1. The van der Waals surface area contributed by atoms with E-state index in [-0.39, 0.29) is 0 Å². The van der Waals surface area contributed by atoms with Gasteiger partial charge in [0.15, 0.2) is 11.5 Å². The molecule has 0 aromatic heterocycles. The number of hydrogen-bond donors (Lipinski definition) is 0. The molecule has 1 rings (SSSR count). The maximum Gasteiger partial charge on any atom is 0.167 e. The number of aryl methyl sites for hydroxylation is 1. The van der Waals surface area contributed by atoms with Gasteiger partial charge in [-0.3, -0.25) is 0 Å². The molecular weight excluding hydrogens is 272 g/mol. The molecule has 0 aliphatic heterocycles. The van der Waals surface area contributed by atoms with Crippen LogP contribution in [0.4, 0.5) is 0 Å². The quantitative estimate of drug-likeness (QED) is 0.479. The fourth-order valence-corrected chi connectivity index (χ4v) is 2.24. The van der Waals surface area contributed by atoms with Gasteiger partial charge in [0, 0.05) is 5.57 Å². The Labute approximate surface area is 134 Å². The Morgan fingerprint density at radius 1 is 1.23 bits per heavy atom. The predicted molar refractivity (Wildman–Crippen MR) is 94.5 cm³/mol. The summed E-state index contributed by atoms with van der Waals surface area (Å²) >= 11 is 0. The molecule has 118 valence electrons. The molecule has 0 atom stereocenters. The Balaban J connectivity index is 3.22. The van der Waals surface area contributed by atoms with Gasteiger partial charge < -0.3 is 9.47 Å². The van der Waals surface area contributed by atoms with Gasteiger partial charge in [0.1, 0.15) is 0 Å². The van der Waals surface area contributed by atoms with E-state index in [9.17, 15) is 0 Å². The van der Waals surface area contributed by atoms with E-state index in [0.717, 1.165) is 18.4 Å². The van der Waals surface area contributed by atoms with E-state index in [0.29, 0.717) is 17.1 Å². The zero-order valence-electron chi connectivity index (χ0n) is 14.1. The minimum Gasteiger partial charge on any atom is -0.493 e. The molecule has 22 heavy (non-hydrogen) atoms. The first-order valence-electron chi connectivity index (χ1n) is 7.48. The van der Waals surface area contributed by atoms with E-state index in [4.69, 9.17) is 9.47 Å². The van der Waals surface area contributed by atoms with Crippen LogP contribution >= 0.6 is 0 Å². The molecule has 2 nitrogen and oxygen atoms in total. The van der Waals surface area contributed by atoms with Gasteiger partial charge in [-0.1, -0.05) is 56.8 Å². The first-order valence-corrected chi connectivity index (χ1v) is 7.48. The number of allylic oxidation sites excluding steroid dienone is 3. The molecular formula is C20H26O2. The Morgan fingerprint density at radius 3 is 2.50 bits per heavy atom. The van der Waals surface area contributed by atoms with Crippen molar-refractivity contribution >= 4 is 5.57 Å². The highest BCUT2D eigenvalue weighted by molar-refractivity contribution is 5.67. The first-order chi connectivity index (χ1) is 10.6. The van der Waals surface area contributed by atoms with Crippen LogP contribution in [0.15, 0.2) is 66.7 Å². The average molecular weight is 298 g/mol. The summed E-state index contributed by atoms with van der Waals surface area (Å²) in [6.45, 7) is 11.9. The molecule has 1 aromatic carbocycles. The zero-order valence-corrected chi connectivity index (χ0v) is 14.1. The second kappa shape index (κ2) is 8.93. The van der Waals surface area contributed by atoms with Crippen LogP contribution in [0.1, 0.15) is 31.4 Å². The van der Waals surface area contributed by atoms with Crippen LogP contribution in [0.3, 0.4) is 0 Å². The molecule has 0 saturated carbocycles. The van der Waals surface area contributed by atoms with Crippen LogP contribution in [0.2, 0.25) is 0 Å². The fraction of sp³-hybridized carbons (Fsp3) is 0.300. The fourth-order valence-electron chi connectivity index (χ4n) is 2.24. The Kier molecular flexibility index (Phi) is 7.24. The first kappa shape index (κ1) is 17.8. The van der Waals surface area contributed by atoms with Gasteiger partial charge in [-0.2, -0.15) is 0 Å². The molecule has 2 heteroatoms. The lowest BCUT2D eigenvalue weighted by molar-refractivity contribution is 0.239. The lowest BCUT2D eigenvalue weighted by Gasteiger charge is -2.12. The van der Waals surface area contributed by atoms with Gasteiger partial charge in [0.05, 0.1) is 14.2 Å². The van der Waals surface area contributed by atoms with Gasteiger partial charge >= 0.3 is 0 Å². The van der Waals surface area contributed by atoms with Crippen molar-refractivity contribution < 1.29 is 9.47 Å². The van der Waals surface area contributed by atoms with Crippen molar-refractivity contribution in [3.05, 3.63) is 77.8 Å². The molecule has 0 saturated heterocycles. The molecule has 0 spiro atoms. The van der Waals surface area contributed by atoms with Crippen LogP contribution < -0.4 is 0 Å². The molecule has 0 aliphatic carbocycles. The molecule has 1 aromatic rings. The van der Waals surface area contributed by atoms with E-state index >= 15 is 0 Å². The van der Waals surface area contributed by atoms with E-state index in [1.54, 1.807) is 20.3 Å². The third-order valence-electron chi connectivity index (χ3n) is 3.45. The minimum atomic E-state index is 0.599. The SMILES string of the molecule is C=CC(=C)/C(OC)=C(\C=C(/C)c1cccc(CCC)c1)OC. The molecule has 0 radical (unpaired) electrons. The van der Waals surface area contributed by atoms with Gasteiger partial charge in [-0.25, -0.2) is 0 Å². The monoisotopic (exact) mass is 298 g/mol. The molecule has 0 unspecified atom stereocenters. The normalized spacial score (nSPS) is 12.5. The maximum atomic E-state index is 5.47. The summed E-state index contributed by atoms with van der Waals surface area (Å²) in [5.74, 6) is 1.24. The van der Waals surface area contributed by atoms with Crippen molar-refractivity contribution in [2.24, 2.45) is 0 Å². The Bertz CT molecular complexity index is 591. The number of ether oxygens (including phenoxy) is 2. The number of methoxy groups -OCH3 is 2.